The Balaban J connectivity index is 1.93. The molecule has 0 amide bonds. The van der Waals surface area contributed by atoms with E-state index in [0.29, 0.717) is 22.2 Å². The van der Waals surface area contributed by atoms with Crippen LogP contribution < -0.4 is 5.32 Å². The average molecular weight is 355 g/mol. The van der Waals surface area contributed by atoms with Crippen LogP contribution in [0.2, 0.25) is 0 Å². The van der Waals surface area contributed by atoms with Gasteiger partial charge in [0, 0.05) is 24.1 Å². The summed E-state index contributed by atoms with van der Waals surface area (Å²) in [6.07, 6.45) is -0.240. The molecular formula is C15H15F2N3O3S. The second-order valence-corrected chi connectivity index (χ2v) is 7.28. The van der Waals surface area contributed by atoms with E-state index >= 15 is 0 Å². The predicted molar refractivity (Wildman–Crippen MR) is 84.9 cm³/mol. The van der Waals surface area contributed by atoms with Gasteiger partial charge in [-0.15, -0.1) is 0 Å². The first kappa shape index (κ1) is 16.4. The zero-order valence-electron chi connectivity index (χ0n) is 12.9. The normalized spacial score (nSPS) is 12.2. The Kier molecular flexibility index (Phi) is 4.04. The van der Waals surface area contributed by atoms with Gasteiger partial charge in [-0.25, -0.2) is 22.2 Å². The van der Waals surface area contributed by atoms with Gasteiger partial charge < -0.3 is 14.7 Å². The summed E-state index contributed by atoms with van der Waals surface area (Å²) >= 11 is 0. The van der Waals surface area contributed by atoms with Gasteiger partial charge in [-0.2, -0.15) is 0 Å². The smallest absolute Gasteiger partial charge is 0.265 e. The van der Waals surface area contributed by atoms with Crippen molar-refractivity contribution in [2.45, 2.75) is 25.4 Å². The van der Waals surface area contributed by atoms with Crippen LogP contribution in [0.1, 0.15) is 23.4 Å². The Bertz CT molecular complexity index is 993. The fraction of sp³-hybridized carbons (Fsp3) is 0.267. The van der Waals surface area contributed by atoms with Crippen LogP contribution in [0.15, 0.2) is 34.0 Å². The molecule has 0 radical (unpaired) electrons. The number of anilines is 1. The summed E-state index contributed by atoms with van der Waals surface area (Å²) in [4.78, 5) is 6.55. The molecule has 128 valence electrons. The monoisotopic (exact) mass is 355 g/mol. The molecule has 0 saturated heterocycles. The lowest BCUT2D eigenvalue weighted by molar-refractivity contribution is 0.153. The number of aromatic amines is 1. The second-order valence-electron chi connectivity index (χ2n) is 5.36. The Labute approximate surface area is 136 Å². The van der Waals surface area contributed by atoms with E-state index in [1.807, 2.05) is 0 Å². The number of H-pyrrole nitrogens is 1. The van der Waals surface area contributed by atoms with E-state index in [2.05, 4.69) is 15.3 Å². The molecular weight excluding hydrogens is 340 g/mol. The van der Waals surface area contributed by atoms with Gasteiger partial charge in [0.2, 0.25) is 14.9 Å². The molecule has 1 aromatic carbocycles. The first-order valence-corrected chi connectivity index (χ1v) is 8.72. The molecule has 2 heterocycles. The fourth-order valence-corrected chi connectivity index (χ4v) is 3.45. The average Bonchev–Trinajstić information content (AvgIpc) is 3.14. The van der Waals surface area contributed by atoms with Gasteiger partial charge in [-0.1, -0.05) is 6.07 Å². The van der Waals surface area contributed by atoms with Crippen LogP contribution >= 0.6 is 0 Å². The van der Waals surface area contributed by atoms with Crippen molar-refractivity contribution < 1.29 is 21.6 Å². The van der Waals surface area contributed by atoms with Gasteiger partial charge in [-0.3, -0.25) is 0 Å². The third-order valence-electron chi connectivity index (χ3n) is 3.67. The lowest BCUT2D eigenvalue weighted by Crippen LogP contribution is -2.14. The molecule has 0 fully saturated rings. The van der Waals surface area contributed by atoms with E-state index in [0.717, 1.165) is 6.20 Å². The van der Waals surface area contributed by atoms with E-state index in [1.165, 1.54) is 6.20 Å². The number of hydrogen-bond acceptors (Lipinski definition) is 5. The highest BCUT2D eigenvalue weighted by atomic mass is 32.2. The molecule has 0 atom stereocenters. The molecule has 0 spiro atoms. The van der Waals surface area contributed by atoms with Gasteiger partial charge in [0.25, 0.3) is 6.43 Å². The van der Waals surface area contributed by atoms with Gasteiger partial charge >= 0.3 is 0 Å². The largest absolute Gasteiger partial charge is 0.430 e. The minimum Gasteiger partial charge on any atom is -0.430 e. The lowest BCUT2D eigenvalue weighted by atomic mass is 10.1. The number of hydrogen-bond donors (Lipinski definition) is 2. The van der Waals surface area contributed by atoms with E-state index in [-0.39, 0.29) is 16.5 Å². The number of halogens is 2. The van der Waals surface area contributed by atoms with Crippen LogP contribution in [0.25, 0.3) is 10.9 Å². The quantitative estimate of drug-likeness (QED) is 0.731. The van der Waals surface area contributed by atoms with E-state index < -0.39 is 22.1 Å². The number of sulfone groups is 1. The molecule has 6 nitrogen and oxygen atoms in total. The van der Waals surface area contributed by atoms with Crippen molar-refractivity contribution in [2.75, 3.05) is 11.2 Å². The highest BCUT2D eigenvalue weighted by Gasteiger charge is 2.21. The standard InChI is InChI=1S/C15H15F2N3O3S/c1-8-3-4-11(14-13(8)10(5-19-14)15(16)17)20-7-24(21,22)12-6-18-9(2)23-12/h3-6,15,19-20H,7H2,1-2H3. The molecule has 0 aliphatic heterocycles. The van der Waals surface area contributed by atoms with Crippen LogP contribution in [0.3, 0.4) is 0 Å². The number of fused-ring (bicyclic) bond motifs is 1. The number of aryl methyl sites for hydroxylation is 2. The van der Waals surface area contributed by atoms with Crippen LogP contribution in [0, 0.1) is 13.8 Å². The number of oxazole rings is 1. The first-order valence-electron chi connectivity index (χ1n) is 7.07. The van der Waals surface area contributed by atoms with Crippen LogP contribution in [-0.2, 0) is 9.84 Å². The van der Waals surface area contributed by atoms with Crippen molar-refractivity contribution in [3.8, 4) is 0 Å². The molecule has 0 bridgehead atoms. The van der Waals surface area contributed by atoms with Gasteiger partial charge in [0.15, 0.2) is 5.89 Å². The van der Waals surface area contributed by atoms with E-state index in [1.54, 1.807) is 26.0 Å². The van der Waals surface area contributed by atoms with Crippen molar-refractivity contribution in [2.24, 2.45) is 0 Å². The van der Waals surface area contributed by atoms with Crippen LogP contribution in [0.5, 0.6) is 0 Å². The van der Waals surface area contributed by atoms with Crippen molar-refractivity contribution in [3.05, 3.63) is 41.5 Å². The minimum atomic E-state index is -3.73. The molecule has 0 saturated carbocycles. The maximum atomic E-state index is 13.1. The summed E-state index contributed by atoms with van der Waals surface area (Å²) in [6, 6.07) is 3.31. The van der Waals surface area contributed by atoms with Gasteiger partial charge in [0.1, 0.15) is 5.88 Å². The maximum Gasteiger partial charge on any atom is 0.265 e. The highest BCUT2D eigenvalue weighted by molar-refractivity contribution is 7.91. The number of aromatic nitrogens is 2. The Morgan fingerprint density at radius 3 is 2.71 bits per heavy atom. The first-order chi connectivity index (χ1) is 11.3. The Hall–Kier alpha value is -2.42. The molecule has 9 heteroatoms. The summed E-state index contributed by atoms with van der Waals surface area (Å²) < 4.78 is 55.6. The lowest BCUT2D eigenvalue weighted by Gasteiger charge is -2.09. The highest BCUT2D eigenvalue weighted by Crippen LogP contribution is 2.34. The predicted octanol–water partition coefficient (Wildman–Crippen LogP) is 3.55. The zero-order chi connectivity index (χ0) is 17.5. The third-order valence-corrected chi connectivity index (χ3v) is 4.99. The zero-order valence-corrected chi connectivity index (χ0v) is 13.7. The topological polar surface area (TPSA) is 88.0 Å². The van der Waals surface area contributed by atoms with Crippen molar-refractivity contribution >= 4 is 26.4 Å². The third kappa shape index (κ3) is 2.86. The number of rotatable bonds is 5. The molecule has 2 aromatic heterocycles. The molecule has 0 aliphatic carbocycles. The van der Waals surface area contributed by atoms with E-state index in [4.69, 9.17) is 4.42 Å². The molecule has 0 unspecified atom stereocenters. The number of alkyl halides is 2. The number of benzene rings is 1. The Morgan fingerprint density at radius 2 is 2.08 bits per heavy atom. The second kappa shape index (κ2) is 5.90. The van der Waals surface area contributed by atoms with Crippen molar-refractivity contribution in [3.63, 3.8) is 0 Å². The van der Waals surface area contributed by atoms with Gasteiger partial charge in [0.05, 0.1) is 17.4 Å². The van der Waals surface area contributed by atoms with Crippen LogP contribution in [0.4, 0.5) is 14.5 Å². The molecule has 2 N–H and O–H groups in total. The number of nitrogens with zero attached hydrogens (tertiary/aromatic N) is 1. The molecule has 0 aliphatic rings. The SMILES string of the molecule is Cc1ncc(S(=O)(=O)CNc2ccc(C)c3c(C(F)F)c[nH]c23)o1. The summed E-state index contributed by atoms with van der Waals surface area (Å²) in [5, 5.41) is 2.91. The number of nitrogens with one attached hydrogen (secondary N) is 2. The summed E-state index contributed by atoms with van der Waals surface area (Å²) in [6.45, 7) is 3.26. The van der Waals surface area contributed by atoms with Gasteiger partial charge in [-0.05, 0) is 18.6 Å². The van der Waals surface area contributed by atoms with Crippen molar-refractivity contribution in [1.82, 2.24) is 9.97 Å². The van der Waals surface area contributed by atoms with Crippen molar-refractivity contribution in [1.29, 1.82) is 0 Å². The molecule has 3 aromatic rings. The summed E-state index contributed by atoms with van der Waals surface area (Å²) in [5.41, 5.74) is 1.43. The molecule has 3 rings (SSSR count). The fourth-order valence-electron chi connectivity index (χ4n) is 2.50. The summed E-state index contributed by atoms with van der Waals surface area (Å²) in [7, 11) is -3.73. The maximum absolute atomic E-state index is 13.1. The molecule has 24 heavy (non-hydrogen) atoms. The minimum absolute atomic E-state index is 0.111. The summed E-state index contributed by atoms with van der Waals surface area (Å²) in [5.74, 6) is -0.194. The van der Waals surface area contributed by atoms with E-state index in [9.17, 15) is 17.2 Å². The van der Waals surface area contributed by atoms with Crippen LogP contribution in [-0.4, -0.2) is 24.3 Å². The Morgan fingerprint density at radius 1 is 1.33 bits per heavy atom.